The zero-order chi connectivity index (χ0) is 20.9. The van der Waals surface area contributed by atoms with Crippen molar-refractivity contribution in [2.24, 2.45) is 7.05 Å². The second-order valence-electron chi connectivity index (χ2n) is 7.22. The van der Waals surface area contributed by atoms with Crippen LogP contribution in [0.3, 0.4) is 0 Å². The molecule has 1 aromatic heterocycles. The van der Waals surface area contributed by atoms with Gasteiger partial charge in [0.15, 0.2) is 0 Å². The van der Waals surface area contributed by atoms with Gasteiger partial charge in [-0.15, -0.1) is 0 Å². The Bertz CT molecular complexity index is 813. The largest absolute Gasteiger partial charge is 0.416 e. The molecule has 0 aliphatic carbocycles. The van der Waals surface area contributed by atoms with Gasteiger partial charge in [-0.2, -0.15) is 13.2 Å². The van der Waals surface area contributed by atoms with Crippen LogP contribution < -0.4 is 0 Å². The molecule has 3 rings (SSSR count). The molecule has 0 unspecified atom stereocenters. The Labute approximate surface area is 168 Å². The molecule has 5 nitrogen and oxygen atoms in total. The number of aryl methyl sites for hydroxylation is 1. The van der Waals surface area contributed by atoms with Crippen LogP contribution in [0.5, 0.6) is 0 Å². The molecule has 0 bridgehead atoms. The van der Waals surface area contributed by atoms with Crippen LogP contribution in [0.15, 0.2) is 42.6 Å². The van der Waals surface area contributed by atoms with E-state index in [-0.39, 0.29) is 11.5 Å². The number of hydrogen-bond donors (Lipinski definition) is 0. The summed E-state index contributed by atoms with van der Waals surface area (Å²) in [5.74, 6) is -0.390. The predicted molar refractivity (Wildman–Crippen MR) is 103 cm³/mol. The summed E-state index contributed by atoms with van der Waals surface area (Å²) < 4.78 is 46.4. The summed E-state index contributed by atoms with van der Waals surface area (Å²) in [5.41, 5.74) is 0.174. The molecule has 1 aliphatic heterocycles. The van der Waals surface area contributed by atoms with Crippen LogP contribution in [0.2, 0.25) is 0 Å². The maximum atomic E-state index is 13.1. The highest BCUT2D eigenvalue weighted by atomic mass is 19.4. The first-order valence-corrected chi connectivity index (χ1v) is 9.71. The van der Waals surface area contributed by atoms with Gasteiger partial charge in [-0.05, 0) is 36.8 Å². The van der Waals surface area contributed by atoms with Crippen LogP contribution in [0, 0.1) is 0 Å². The third-order valence-corrected chi connectivity index (χ3v) is 5.13. The maximum absolute atomic E-state index is 13.1. The molecule has 0 atom stereocenters. The van der Waals surface area contributed by atoms with Gasteiger partial charge in [0, 0.05) is 50.7 Å². The van der Waals surface area contributed by atoms with Crippen molar-refractivity contribution in [1.29, 1.82) is 0 Å². The zero-order valence-corrected chi connectivity index (χ0v) is 16.5. The summed E-state index contributed by atoms with van der Waals surface area (Å²) in [6.07, 6.45) is -1.85. The lowest BCUT2D eigenvalue weighted by Gasteiger charge is -2.28. The quantitative estimate of drug-likeness (QED) is 0.704. The van der Waals surface area contributed by atoms with Crippen molar-refractivity contribution < 1.29 is 22.7 Å². The number of carbonyl (C=O) groups excluding carboxylic acids is 1. The summed E-state index contributed by atoms with van der Waals surface area (Å²) >= 11 is 0. The van der Waals surface area contributed by atoms with Crippen LogP contribution >= 0.6 is 0 Å². The zero-order valence-electron chi connectivity index (χ0n) is 16.5. The molecular weight excluding hydrogens is 383 g/mol. The third-order valence-electron chi connectivity index (χ3n) is 5.13. The van der Waals surface area contributed by atoms with E-state index in [1.54, 1.807) is 4.90 Å². The highest BCUT2D eigenvalue weighted by molar-refractivity contribution is 5.94. The minimum Gasteiger partial charge on any atom is -0.379 e. The number of hydrogen-bond acceptors (Lipinski definition) is 3. The van der Waals surface area contributed by atoms with Crippen LogP contribution in [0.25, 0.3) is 0 Å². The maximum Gasteiger partial charge on any atom is 0.416 e. The number of alkyl halides is 3. The summed E-state index contributed by atoms with van der Waals surface area (Å²) in [7, 11) is 1.88. The monoisotopic (exact) mass is 409 g/mol. The van der Waals surface area contributed by atoms with E-state index >= 15 is 0 Å². The second-order valence-corrected chi connectivity index (χ2v) is 7.22. The van der Waals surface area contributed by atoms with Gasteiger partial charge in [0.2, 0.25) is 0 Å². The molecule has 0 spiro atoms. The lowest BCUT2D eigenvalue weighted by Crippen LogP contribution is -2.39. The van der Waals surface area contributed by atoms with Crippen molar-refractivity contribution in [3.05, 3.63) is 59.4 Å². The van der Waals surface area contributed by atoms with Crippen molar-refractivity contribution in [2.45, 2.75) is 19.1 Å². The average Bonchev–Trinajstić information content (AvgIpc) is 3.11. The highest BCUT2D eigenvalue weighted by Gasteiger charge is 2.31. The van der Waals surface area contributed by atoms with Gasteiger partial charge in [-0.3, -0.25) is 9.69 Å². The fraction of sp³-hybridized carbons (Fsp3) is 0.476. The number of amides is 1. The Morgan fingerprint density at radius 1 is 1.17 bits per heavy atom. The molecule has 29 heavy (non-hydrogen) atoms. The molecule has 0 radical (unpaired) electrons. The van der Waals surface area contributed by atoms with Crippen molar-refractivity contribution in [3.8, 4) is 0 Å². The van der Waals surface area contributed by atoms with Crippen LogP contribution in [0.1, 0.15) is 28.0 Å². The Hall–Kier alpha value is -2.32. The van der Waals surface area contributed by atoms with Crippen molar-refractivity contribution in [3.63, 3.8) is 0 Å². The molecule has 1 aliphatic rings. The van der Waals surface area contributed by atoms with Gasteiger partial charge in [0.25, 0.3) is 5.91 Å². The molecule has 2 aromatic rings. The average molecular weight is 409 g/mol. The first kappa shape index (κ1) is 21.4. The van der Waals surface area contributed by atoms with Crippen LogP contribution in [-0.4, -0.2) is 59.7 Å². The lowest BCUT2D eigenvalue weighted by atomic mass is 10.1. The fourth-order valence-corrected chi connectivity index (χ4v) is 3.43. The second kappa shape index (κ2) is 9.45. The number of halogens is 3. The molecule has 8 heteroatoms. The topological polar surface area (TPSA) is 37.7 Å². The van der Waals surface area contributed by atoms with E-state index in [4.69, 9.17) is 4.74 Å². The Kier molecular flexibility index (Phi) is 6.97. The number of morpholine rings is 1. The molecule has 0 saturated carbocycles. The number of benzene rings is 1. The predicted octanol–water partition coefficient (Wildman–Crippen LogP) is 3.41. The van der Waals surface area contributed by atoms with E-state index in [0.29, 0.717) is 26.3 Å². The number of aromatic nitrogens is 1. The van der Waals surface area contributed by atoms with Gasteiger partial charge in [0.1, 0.15) is 0 Å². The van der Waals surface area contributed by atoms with E-state index in [0.717, 1.165) is 43.9 Å². The first-order chi connectivity index (χ1) is 13.8. The van der Waals surface area contributed by atoms with Crippen molar-refractivity contribution >= 4 is 5.91 Å². The summed E-state index contributed by atoms with van der Waals surface area (Å²) in [5, 5.41) is 0. The normalized spacial score (nSPS) is 15.4. The molecule has 0 N–H and O–H groups in total. The highest BCUT2D eigenvalue weighted by Crippen LogP contribution is 2.30. The lowest BCUT2D eigenvalue weighted by molar-refractivity contribution is -0.137. The van der Waals surface area contributed by atoms with Crippen molar-refractivity contribution in [1.82, 2.24) is 14.4 Å². The van der Waals surface area contributed by atoms with E-state index in [9.17, 15) is 18.0 Å². The Morgan fingerprint density at radius 2 is 1.93 bits per heavy atom. The molecule has 158 valence electrons. The van der Waals surface area contributed by atoms with E-state index in [1.165, 1.54) is 12.1 Å². The summed E-state index contributed by atoms with van der Waals surface area (Å²) in [4.78, 5) is 17.0. The molecule has 1 saturated heterocycles. The van der Waals surface area contributed by atoms with Gasteiger partial charge in [-0.25, -0.2) is 0 Å². The van der Waals surface area contributed by atoms with Gasteiger partial charge in [0.05, 0.1) is 25.3 Å². The number of rotatable bonds is 7. The Morgan fingerprint density at radius 3 is 2.59 bits per heavy atom. The molecular formula is C21H26F3N3O2. The number of carbonyl (C=O) groups is 1. The molecule has 2 heterocycles. The SMILES string of the molecule is Cn1cccc1CN(CCCN1CCOCC1)C(=O)c1cccc(C(F)(F)F)c1. The number of nitrogens with zero attached hydrogens (tertiary/aromatic N) is 3. The van der Waals surface area contributed by atoms with Crippen LogP contribution in [-0.2, 0) is 24.5 Å². The van der Waals surface area contributed by atoms with Crippen LogP contribution in [0.4, 0.5) is 13.2 Å². The van der Waals surface area contributed by atoms with Crippen molar-refractivity contribution in [2.75, 3.05) is 39.4 Å². The first-order valence-electron chi connectivity index (χ1n) is 9.71. The molecule has 1 fully saturated rings. The summed E-state index contributed by atoms with van der Waals surface area (Å²) in [6.45, 7) is 4.77. The third kappa shape index (κ3) is 5.83. The van der Waals surface area contributed by atoms with Gasteiger partial charge >= 0.3 is 6.18 Å². The van der Waals surface area contributed by atoms with Gasteiger partial charge in [-0.1, -0.05) is 6.07 Å². The van der Waals surface area contributed by atoms with E-state index < -0.39 is 11.7 Å². The van der Waals surface area contributed by atoms with E-state index in [2.05, 4.69) is 4.90 Å². The molecule has 1 aromatic carbocycles. The fourth-order valence-electron chi connectivity index (χ4n) is 3.43. The summed E-state index contributed by atoms with van der Waals surface area (Å²) in [6, 6.07) is 8.44. The number of ether oxygens (including phenoxy) is 1. The smallest absolute Gasteiger partial charge is 0.379 e. The minimum atomic E-state index is -4.48. The minimum absolute atomic E-state index is 0.0559. The Balaban J connectivity index is 1.72. The standard InChI is InChI=1S/C21H26F3N3O2/c1-25-8-3-7-19(25)16-27(10-4-9-26-11-13-29-14-12-26)20(28)17-5-2-6-18(15-17)21(22,23)24/h2-3,5-8,15H,4,9-14,16H2,1H3. The van der Waals surface area contributed by atoms with E-state index in [1.807, 2.05) is 29.9 Å². The van der Waals surface area contributed by atoms with Gasteiger partial charge < -0.3 is 14.2 Å². The molecule has 1 amide bonds.